The van der Waals surface area contributed by atoms with Gasteiger partial charge < -0.3 is 10.6 Å². The van der Waals surface area contributed by atoms with Gasteiger partial charge in [0.1, 0.15) is 15.7 Å². The van der Waals surface area contributed by atoms with Crippen LogP contribution in [0.3, 0.4) is 0 Å². The van der Waals surface area contributed by atoms with Gasteiger partial charge in [0.2, 0.25) is 5.95 Å². The third kappa shape index (κ3) is 5.62. The number of halogens is 5. The fourth-order valence-electron chi connectivity index (χ4n) is 3.71. The number of thiazole rings is 1. The number of anilines is 1. The number of nitrogens with one attached hydrogen (secondary N) is 2. The highest BCUT2D eigenvalue weighted by Crippen LogP contribution is 2.35. The molecule has 40 heavy (non-hydrogen) atoms. The quantitative estimate of drug-likeness (QED) is 0.191. The van der Waals surface area contributed by atoms with Crippen molar-refractivity contribution < 1.29 is 27.2 Å². The molecule has 5 aromatic rings. The Bertz CT molecular complexity index is 1740. The smallest absolute Gasteiger partial charge is 0.343 e. The molecule has 2 amide bonds. The molecule has 0 radical (unpaired) electrons. The number of fused-ring (bicyclic) bond motifs is 1. The number of aromatic nitrogens is 5. The van der Waals surface area contributed by atoms with E-state index in [4.69, 9.17) is 11.6 Å². The highest BCUT2D eigenvalue weighted by molar-refractivity contribution is 7.13. The van der Waals surface area contributed by atoms with Crippen molar-refractivity contribution in [3.05, 3.63) is 93.3 Å². The van der Waals surface area contributed by atoms with E-state index in [-0.39, 0.29) is 10.7 Å². The van der Waals surface area contributed by atoms with Gasteiger partial charge in [0.15, 0.2) is 0 Å². The van der Waals surface area contributed by atoms with Crippen LogP contribution in [0.4, 0.5) is 23.4 Å². The Morgan fingerprint density at radius 3 is 2.50 bits per heavy atom. The van der Waals surface area contributed by atoms with E-state index in [2.05, 4.69) is 30.7 Å². The molecule has 0 aliphatic rings. The second-order valence-corrected chi connectivity index (χ2v) is 9.90. The zero-order chi connectivity index (χ0) is 28.6. The number of carbonyl (C=O) groups is 2. The second-order valence-electron chi connectivity index (χ2n) is 8.43. The summed E-state index contributed by atoms with van der Waals surface area (Å²) in [7, 11) is 0. The van der Waals surface area contributed by atoms with E-state index >= 15 is 0 Å². The largest absolute Gasteiger partial charge is 0.418 e. The van der Waals surface area contributed by atoms with Crippen LogP contribution in [-0.4, -0.2) is 36.4 Å². The van der Waals surface area contributed by atoms with Gasteiger partial charge in [-0.15, -0.1) is 11.3 Å². The number of hydrogen-bond donors (Lipinski definition) is 2. The lowest BCUT2D eigenvalue weighted by atomic mass is 10.1. The number of alkyl halides is 3. The average Bonchev–Trinajstić information content (AvgIpc) is 3.57. The first-order valence-electron chi connectivity index (χ1n) is 11.4. The summed E-state index contributed by atoms with van der Waals surface area (Å²) in [5, 5.41) is 9.12. The molecule has 0 fully saturated rings. The molecule has 0 aliphatic heterocycles. The molecule has 1 atom stereocenters. The number of rotatable bonds is 6. The SMILES string of the molecule is CC(NC(=O)c1cnn2cc(-c3ccc(F)nc3)ccc12)c1ncc(C(=O)Nc2cc(C(F)(F)F)c(Cl)cn2)s1. The maximum Gasteiger partial charge on any atom is 0.418 e. The normalized spacial score (nSPS) is 12.3. The van der Waals surface area contributed by atoms with E-state index in [1.54, 1.807) is 31.3 Å². The van der Waals surface area contributed by atoms with Gasteiger partial charge in [-0.1, -0.05) is 17.7 Å². The first-order chi connectivity index (χ1) is 19.0. The van der Waals surface area contributed by atoms with Crippen molar-refractivity contribution in [2.45, 2.75) is 19.1 Å². The number of hydrogen-bond acceptors (Lipinski definition) is 7. The standard InChI is InChI=1S/C25H16ClF4N7O2S/c1-12(24-33-10-19(40-24)23(39)36-21-6-16(25(28,29)30)17(26)9-32-21)35-22(38)15-8-34-37-11-14(2-4-18(15)37)13-3-5-20(27)31-7-13/h2-12H,1H3,(H,35,38)(H,32,36,39). The average molecular weight is 590 g/mol. The lowest BCUT2D eigenvalue weighted by molar-refractivity contribution is -0.137. The molecule has 1 unspecified atom stereocenters. The van der Waals surface area contributed by atoms with Crippen molar-refractivity contribution in [2.75, 3.05) is 5.32 Å². The van der Waals surface area contributed by atoms with Crippen LogP contribution in [0.1, 0.15) is 43.6 Å². The summed E-state index contributed by atoms with van der Waals surface area (Å²) < 4.78 is 53.9. The van der Waals surface area contributed by atoms with Gasteiger partial charge in [-0.2, -0.15) is 22.7 Å². The van der Waals surface area contributed by atoms with Crippen LogP contribution in [0.2, 0.25) is 5.02 Å². The predicted octanol–water partition coefficient (Wildman–Crippen LogP) is 5.80. The molecule has 9 nitrogen and oxygen atoms in total. The summed E-state index contributed by atoms with van der Waals surface area (Å²) in [6.07, 6.45) is 1.82. The molecule has 0 aliphatic carbocycles. The lowest BCUT2D eigenvalue weighted by Gasteiger charge is -2.11. The molecule has 2 N–H and O–H groups in total. The van der Waals surface area contributed by atoms with E-state index in [1.165, 1.54) is 29.2 Å². The van der Waals surface area contributed by atoms with Crippen LogP contribution in [0.15, 0.2) is 61.3 Å². The minimum atomic E-state index is -4.71. The molecule has 0 saturated carbocycles. The molecule has 5 heterocycles. The van der Waals surface area contributed by atoms with E-state index < -0.39 is 40.6 Å². The van der Waals surface area contributed by atoms with Crippen LogP contribution in [0.25, 0.3) is 16.6 Å². The van der Waals surface area contributed by atoms with Crippen LogP contribution in [-0.2, 0) is 6.18 Å². The van der Waals surface area contributed by atoms with Crippen LogP contribution < -0.4 is 10.6 Å². The third-order valence-electron chi connectivity index (χ3n) is 5.69. The minimum Gasteiger partial charge on any atom is -0.343 e. The topological polar surface area (TPSA) is 114 Å². The Balaban J connectivity index is 1.27. The highest BCUT2D eigenvalue weighted by Gasteiger charge is 2.34. The molecular weight excluding hydrogens is 574 g/mol. The van der Waals surface area contributed by atoms with Crippen LogP contribution >= 0.6 is 22.9 Å². The van der Waals surface area contributed by atoms with Crippen LogP contribution in [0.5, 0.6) is 0 Å². The van der Waals surface area contributed by atoms with E-state index in [0.717, 1.165) is 23.1 Å². The van der Waals surface area contributed by atoms with Crippen molar-refractivity contribution in [1.29, 1.82) is 0 Å². The van der Waals surface area contributed by atoms with Gasteiger partial charge in [-0.25, -0.2) is 19.5 Å². The first-order valence-corrected chi connectivity index (χ1v) is 12.6. The zero-order valence-corrected chi connectivity index (χ0v) is 21.8. The van der Waals surface area contributed by atoms with E-state index in [0.29, 0.717) is 27.7 Å². The molecule has 0 spiro atoms. The number of amides is 2. The van der Waals surface area contributed by atoms with Gasteiger partial charge in [0, 0.05) is 29.7 Å². The van der Waals surface area contributed by atoms with E-state index in [9.17, 15) is 27.2 Å². The molecule has 0 aromatic carbocycles. The minimum absolute atomic E-state index is 0.0974. The monoisotopic (exact) mass is 589 g/mol. The van der Waals surface area contributed by atoms with Crippen molar-refractivity contribution in [1.82, 2.24) is 29.9 Å². The van der Waals surface area contributed by atoms with E-state index in [1.807, 2.05) is 0 Å². The zero-order valence-electron chi connectivity index (χ0n) is 20.2. The van der Waals surface area contributed by atoms with Crippen molar-refractivity contribution >= 4 is 46.1 Å². The Kier molecular flexibility index (Phi) is 7.21. The summed E-state index contributed by atoms with van der Waals surface area (Å²) in [5.41, 5.74) is 1.09. The van der Waals surface area contributed by atoms with Gasteiger partial charge >= 0.3 is 6.18 Å². The predicted molar refractivity (Wildman–Crippen MR) is 139 cm³/mol. The van der Waals surface area contributed by atoms with Crippen LogP contribution in [0, 0.1) is 5.95 Å². The Morgan fingerprint density at radius 2 is 1.77 bits per heavy atom. The molecule has 0 saturated heterocycles. The maximum absolute atomic E-state index is 13.1. The summed E-state index contributed by atoms with van der Waals surface area (Å²) in [4.78, 5) is 37.2. The number of carbonyl (C=O) groups excluding carboxylic acids is 2. The molecule has 5 aromatic heterocycles. The first kappa shape index (κ1) is 27.1. The fraction of sp³-hybridized carbons (Fsp3) is 0.120. The third-order valence-corrected chi connectivity index (χ3v) is 7.17. The second kappa shape index (κ2) is 10.6. The Labute approximate surface area is 231 Å². The van der Waals surface area contributed by atoms with Gasteiger partial charge in [-0.3, -0.25) is 9.59 Å². The Morgan fingerprint density at radius 1 is 1.00 bits per heavy atom. The van der Waals surface area contributed by atoms with Gasteiger partial charge in [-0.05, 0) is 31.2 Å². The number of nitrogens with zero attached hydrogens (tertiary/aromatic N) is 5. The molecule has 5 rings (SSSR count). The van der Waals surface area contributed by atoms with Gasteiger partial charge in [0.25, 0.3) is 11.8 Å². The molecule has 15 heteroatoms. The maximum atomic E-state index is 13.1. The summed E-state index contributed by atoms with van der Waals surface area (Å²) in [5.74, 6) is -2.09. The van der Waals surface area contributed by atoms with Crippen molar-refractivity contribution in [3.63, 3.8) is 0 Å². The van der Waals surface area contributed by atoms with Gasteiger partial charge in [0.05, 0.1) is 40.1 Å². The molecule has 204 valence electrons. The summed E-state index contributed by atoms with van der Waals surface area (Å²) in [6.45, 7) is 1.67. The number of pyridine rings is 3. The summed E-state index contributed by atoms with van der Waals surface area (Å²) >= 11 is 6.52. The fourth-order valence-corrected chi connectivity index (χ4v) is 4.73. The van der Waals surface area contributed by atoms with Crippen molar-refractivity contribution in [3.8, 4) is 11.1 Å². The lowest BCUT2D eigenvalue weighted by Crippen LogP contribution is -2.26. The molecule has 0 bridgehead atoms. The summed E-state index contributed by atoms with van der Waals surface area (Å²) in [6, 6.07) is 6.31. The van der Waals surface area contributed by atoms with Crippen molar-refractivity contribution in [2.24, 2.45) is 0 Å². The Hall–Kier alpha value is -4.43. The highest BCUT2D eigenvalue weighted by atomic mass is 35.5. The molecular formula is C25H16ClF4N7O2S.